The van der Waals surface area contributed by atoms with E-state index in [0.29, 0.717) is 18.0 Å². The van der Waals surface area contributed by atoms with Gasteiger partial charge in [-0.2, -0.15) is 9.40 Å². The molecule has 1 aromatic carbocycles. The number of hydrogen-bond donors (Lipinski definition) is 0. The van der Waals surface area contributed by atoms with Crippen LogP contribution < -0.4 is 0 Å². The van der Waals surface area contributed by atoms with E-state index in [1.54, 1.807) is 10.4 Å². The van der Waals surface area contributed by atoms with Gasteiger partial charge in [0, 0.05) is 50.5 Å². The van der Waals surface area contributed by atoms with Crippen LogP contribution in [0, 0.1) is 20.8 Å². The van der Waals surface area contributed by atoms with Crippen molar-refractivity contribution in [1.82, 2.24) is 19.0 Å². The summed E-state index contributed by atoms with van der Waals surface area (Å²) in [6.07, 6.45) is 1.93. The van der Waals surface area contributed by atoms with Crippen LogP contribution in [-0.4, -0.2) is 53.6 Å². The smallest absolute Gasteiger partial charge is 0.243 e. The van der Waals surface area contributed by atoms with E-state index in [9.17, 15) is 8.42 Å². The van der Waals surface area contributed by atoms with Crippen LogP contribution in [-0.2, 0) is 23.1 Å². The summed E-state index contributed by atoms with van der Waals surface area (Å²) in [7, 11) is -3.42. The third-order valence-electron chi connectivity index (χ3n) is 5.18. The molecule has 3 rings (SSSR count). The lowest BCUT2D eigenvalue weighted by Gasteiger charge is -2.34. The molecule has 0 bridgehead atoms. The molecule has 1 aliphatic heterocycles. The number of piperazine rings is 1. The molecule has 0 saturated carbocycles. The zero-order valence-corrected chi connectivity index (χ0v) is 16.9. The van der Waals surface area contributed by atoms with Gasteiger partial charge in [-0.05, 0) is 39.3 Å². The lowest BCUT2D eigenvalue weighted by atomic mass is 10.2. The van der Waals surface area contributed by atoms with Crippen LogP contribution in [0.5, 0.6) is 0 Å². The van der Waals surface area contributed by atoms with E-state index in [1.807, 2.05) is 36.9 Å². The average Bonchev–Trinajstić information content (AvgIpc) is 2.95. The maximum atomic E-state index is 13.0. The van der Waals surface area contributed by atoms with Gasteiger partial charge in [0.15, 0.2) is 0 Å². The molecule has 0 N–H and O–H groups in total. The summed E-state index contributed by atoms with van der Waals surface area (Å²) in [6, 6.07) is 5.52. The van der Waals surface area contributed by atoms with Gasteiger partial charge < -0.3 is 0 Å². The van der Waals surface area contributed by atoms with E-state index in [2.05, 4.69) is 23.8 Å². The minimum Gasteiger partial charge on any atom is -0.296 e. The highest BCUT2D eigenvalue weighted by atomic mass is 32.2. The molecule has 0 radical (unpaired) electrons. The molecule has 1 aliphatic rings. The van der Waals surface area contributed by atoms with E-state index in [0.717, 1.165) is 37.3 Å². The Morgan fingerprint density at radius 1 is 1.08 bits per heavy atom. The van der Waals surface area contributed by atoms with Crippen molar-refractivity contribution in [2.45, 2.75) is 45.7 Å². The lowest BCUT2D eigenvalue weighted by molar-refractivity contribution is 0.181. The van der Waals surface area contributed by atoms with Gasteiger partial charge in [-0.15, -0.1) is 0 Å². The molecular formula is C19H28N4O2S. The number of benzene rings is 1. The van der Waals surface area contributed by atoms with Gasteiger partial charge in [0.2, 0.25) is 10.0 Å². The molecule has 6 nitrogen and oxygen atoms in total. The fourth-order valence-electron chi connectivity index (χ4n) is 3.56. The SMILES string of the molecule is CCn1ncc(CN2CCN(S(=O)(=O)c3ccc(C)cc3C)CC2)c1C. The Labute approximate surface area is 156 Å². The van der Waals surface area contributed by atoms with Crippen molar-refractivity contribution in [3.8, 4) is 0 Å². The van der Waals surface area contributed by atoms with Crippen LogP contribution in [0.25, 0.3) is 0 Å². The number of aromatic nitrogens is 2. The van der Waals surface area contributed by atoms with Crippen LogP contribution in [0.2, 0.25) is 0 Å². The van der Waals surface area contributed by atoms with Crippen LogP contribution in [0.1, 0.15) is 29.3 Å². The molecule has 26 heavy (non-hydrogen) atoms. The molecule has 0 amide bonds. The fourth-order valence-corrected chi connectivity index (χ4v) is 5.18. The van der Waals surface area contributed by atoms with Gasteiger partial charge in [-0.25, -0.2) is 8.42 Å². The van der Waals surface area contributed by atoms with Crippen molar-refractivity contribution in [3.05, 3.63) is 46.8 Å². The van der Waals surface area contributed by atoms with E-state index in [4.69, 9.17) is 0 Å². The summed E-state index contributed by atoms with van der Waals surface area (Å²) in [5.74, 6) is 0. The van der Waals surface area contributed by atoms with E-state index in [-0.39, 0.29) is 0 Å². The number of aryl methyl sites for hydroxylation is 3. The Bertz CT molecular complexity index is 881. The Balaban J connectivity index is 1.66. The van der Waals surface area contributed by atoms with Crippen molar-refractivity contribution in [2.75, 3.05) is 26.2 Å². The van der Waals surface area contributed by atoms with Crippen LogP contribution in [0.15, 0.2) is 29.3 Å². The molecule has 142 valence electrons. The van der Waals surface area contributed by atoms with Gasteiger partial charge in [0.1, 0.15) is 0 Å². The van der Waals surface area contributed by atoms with Crippen molar-refractivity contribution in [2.24, 2.45) is 0 Å². The van der Waals surface area contributed by atoms with Crippen LogP contribution >= 0.6 is 0 Å². The molecule has 1 aromatic heterocycles. The quantitative estimate of drug-likeness (QED) is 0.804. The zero-order valence-electron chi connectivity index (χ0n) is 16.1. The number of hydrogen-bond acceptors (Lipinski definition) is 4. The second-order valence-corrected chi connectivity index (χ2v) is 8.93. The predicted molar refractivity (Wildman–Crippen MR) is 103 cm³/mol. The minimum atomic E-state index is -3.42. The number of sulfonamides is 1. The van der Waals surface area contributed by atoms with Gasteiger partial charge in [-0.1, -0.05) is 17.7 Å². The topological polar surface area (TPSA) is 58.4 Å². The summed E-state index contributed by atoms with van der Waals surface area (Å²) >= 11 is 0. The summed E-state index contributed by atoms with van der Waals surface area (Å²) in [5, 5.41) is 4.39. The Kier molecular flexibility index (Phi) is 5.50. The highest BCUT2D eigenvalue weighted by Crippen LogP contribution is 2.22. The Morgan fingerprint density at radius 3 is 2.35 bits per heavy atom. The molecule has 1 saturated heterocycles. The largest absolute Gasteiger partial charge is 0.296 e. The fraction of sp³-hybridized carbons (Fsp3) is 0.526. The highest BCUT2D eigenvalue weighted by molar-refractivity contribution is 7.89. The van der Waals surface area contributed by atoms with Crippen molar-refractivity contribution >= 4 is 10.0 Å². The molecule has 1 fully saturated rings. The maximum Gasteiger partial charge on any atom is 0.243 e. The molecule has 0 atom stereocenters. The molecular weight excluding hydrogens is 348 g/mol. The molecule has 0 unspecified atom stereocenters. The average molecular weight is 377 g/mol. The Morgan fingerprint density at radius 2 is 1.77 bits per heavy atom. The normalized spacial score (nSPS) is 16.9. The molecule has 7 heteroatoms. The second kappa shape index (κ2) is 7.50. The van der Waals surface area contributed by atoms with Crippen molar-refractivity contribution in [3.63, 3.8) is 0 Å². The summed E-state index contributed by atoms with van der Waals surface area (Å²) in [5.41, 5.74) is 4.31. The number of nitrogens with zero attached hydrogens (tertiary/aromatic N) is 4. The lowest BCUT2D eigenvalue weighted by Crippen LogP contribution is -2.48. The first-order valence-corrected chi connectivity index (χ1v) is 10.6. The minimum absolute atomic E-state index is 0.427. The highest BCUT2D eigenvalue weighted by Gasteiger charge is 2.29. The Hall–Kier alpha value is -1.70. The monoisotopic (exact) mass is 376 g/mol. The first kappa shape index (κ1) is 19.1. The summed E-state index contributed by atoms with van der Waals surface area (Å²) < 4.78 is 29.6. The van der Waals surface area contributed by atoms with Gasteiger partial charge in [0.05, 0.1) is 11.1 Å². The zero-order chi connectivity index (χ0) is 18.9. The molecule has 2 aromatic rings. The summed E-state index contributed by atoms with van der Waals surface area (Å²) in [6.45, 7) is 12.2. The van der Waals surface area contributed by atoms with E-state index >= 15 is 0 Å². The standard InChI is InChI=1S/C19H28N4O2S/c1-5-23-17(4)18(13-20-23)14-21-8-10-22(11-9-21)26(24,25)19-7-6-15(2)12-16(19)3/h6-7,12-13H,5,8-11,14H2,1-4H3. The van der Waals surface area contributed by atoms with Gasteiger partial charge >= 0.3 is 0 Å². The molecule has 2 heterocycles. The van der Waals surface area contributed by atoms with Gasteiger partial charge in [0.25, 0.3) is 0 Å². The molecule has 0 aliphatic carbocycles. The van der Waals surface area contributed by atoms with Gasteiger partial charge in [-0.3, -0.25) is 9.58 Å². The number of rotatable bonds is 5. The van der Waals surface area contributed by atoms with Crippen molar-refractivity contribution in [1.29, 1.82) is 0 Å². The third-order valence-corrected chi connectivity index (χ3v) is 7.24. The molecule has 0 spiro atoms. The predicted octanol–water partition coefficient (Wildman–Crippen LogP) is 2.33. The summed E-state index contributed by atoms with van der Waals surface area (Å²) in [4.78, 5) is 2.73. The second-order valence-electron chi connectivity index (χ2n) is 7.02. The first-order valence-electron chi connectivity index (χ1n) is 9.14. The van der Waals surface area contributed by atoms with Crippen molar-refractivity contribution < 1.29 is 8.42 Å². The van der Waals surface area contributed by atoms with E-state index in [1.165, 1.54) is 11.3 Å². The third kappa shape index (κ3) is 3.70. The first-order chi connectivity index (χ1) is 12.3. The maximum absolute atomic E-state index is 13.0. The van der Waals surface area contributed by atoms with E-state index < -0.39 is 10.0 Å². The van der Waals surface area contributed by atoms with Crippen LogP contribution in [0.3, 0.4) is 0 Å². The van der Waals surface area contributed by atoms with Crippen LogP contribution in [0.4, 0.5) is 0 Å².